The predicted molar refractivity (Wildman–Crippen MR) is 183 cm³/mol. The van der Waals surface area contributed by atoms with Crippen LogP contribution < -0.4 is 15.5 Å². The van der Waals surface area contributed by atoms with Crippen molar-refractivity contribution >= 4 is 52.2 Å². The lowest BCUT2D eigenvalue weighted by Crippen LogP contribution is -2.54. The van der Waals surface area contributed by atoms with Crippen LogP contribution in [0.4, 0.5) is 24.5 Å². The minimum atomic E-state index is -4.57. The highest BCUT2D eigenvalue weighted by Crippen LogP contribution is 2.38. The van der Waals surface area contributed by atoms with Crippen molar-refractivity contribution in [1.82, 2.24) is 25.0 Å². The lowest BCUT2D eigenvalue weighted by molar-refractivity contribution is -0.138. The van der Waals surface area contributed by atoms with E-state index >= 15 is 0 Å². The van der Waals surface area contributed by atoms with Gasteiger partial charge in [-0.2, -0.15) is 18.3 Å². The number of benzene rings is 2. The average molecular weight is 730 g/mol. The van der Waals surface area contributed by atoms with E-state index in [0.29, 0.717) is 29.4 Å². The smallest absolute Gasteiger partial charge is 0.369 e. The van der Waals surface area contributed by atoms with Crippen LogP contribution in [0.25, 0.3) is 10.6 Å². The Morgan fingerprint density at radius 2 is 1.77 bits per heavy atom. The van der Waals surface area contributed by atoms with E-state index < -0.39 is 52.9 Å². The number of nitrogens with zero attached hydrogens (tertiary/aromatic N) is 5. The third-order valence-corrected chi connectivity index (χ3v) is 10.2. The van der Waals surface area contributed by atoms with Crippen molar-refractivity contribution in [1.29, 1.82) is 0 Å². The summed E-state index contributed by atoms with van der Waals surface area (Å²) in [5, 5.41) is 11.4. The van der Waals surface area contributed by atoms with Crippen molar-refractivity contribution in [2.45, 2.75) is 51.4 Å². The lowest BCUT2D eigenvalue weighted by atomic mass is 9.98. The van der Waals surface area contributed by atoms with E-state index in [0.717, 1.165) is 22.7 Å². The summed E-state index contributed by atoms with van der Waals surface area (Å²) in [6.07, 6.45) is -1.30. The summed E-state index contributed by atoms with van der Waals surface area (Å²) in [7, 11) is 0. The van der Waals surface area contributed by atoms with Gasteiger partial charge in [0.1, 0.15) is 16.6 Å². The molecule has 3 aliphatic rings. The molecule has 3 aliphatic heterocycles. The first-order chi connectivity index (χ1) is 24.6. The number of nitrogens with one attached hydrogen (secondary N) is 2. The summed E-state index contributed by atoms with van der Waals surface area (Å²) in [5.41, 5.74) is 0.592. The van der Waals surface area contributed by atoms with Crippen molar-refractivity contribution in [3.8, 4) is 22.4 Å². The molecule has 4 aromatic rings. The van der Waals surface area contributed by atoms with Crippen molar-refractivity contribution in [2.75, 3.05) is 23.3 Å². The SMILES string of the molecule is Cc1csc(-c2cc(C(F)(F)F)ccc2NC(=O)C(C)(C)n2cc(C#CC3CN(c4ccc5c(c4)C(=O)N(C4CCC(=O)NC4=O)C5=O)C3)cn2)n1. The van der Waals surface area contributed by atoms with Gasteiger partial charge in [-0.3, -0.25) is 38.9 Å². The number of aryl methyl sites for hydroxylation is 1. The van der Waals surface area contributed by atoms with Crippen LogP contribution in [-0.2, 0) is 26.1 Å². The zero-order valence-corrected chi connectivity index (χ0v) is 28.8. The van der Waals surface area contributed by atoms with Gasteiger partial charge in [-0.05, 0) is 63.6 Å². The number of piperidine rings is 1. The Balaban J connectivity index is 0.995. The van der Waals surface area contributed by atoms with E-state index in [9.17, 15) is 37.1 Å². The van der Waals surface area contributed by atoms with E-state index in [4.69, 9.17) is 0 Å². The summed E-state index contributed by atoms with van der Waals surface area (Å²) in [5.74, 6) is 3.52. The Hall–Kier alpha value is -5.82. The van der Waals surface area contributed by atoms with E-state index in [1.165, 1.54) is 28.3 Å². The number of halogens is 3. The quantitative estimate of drug-likeness (QED) is 0.217. The van der Waals surface area contributed by atoms with Crippen molar-refractivity contribution in [3.05, 3.63) is 82.1 Å². The number of aromatic nitrogens is 3. The summed E-state index contributed by atoms with van der Waals surface area (Å²) < 4.78 is 42.0. The number of carbonyl (C=O) groups is 5. The molecule has 52 heavy (non-hydrogen) atoms. The van der Waals surface area contributed by atoms with Crippen LogP contribution >= 0.6 is 11.3 Å². The van der Waals surface area contributed by atoms with E-state index in [1.807, 2.05) is 4.90 Å². The number of anilines is 2. The van der Waals surface area contributed by atoms with Gasteiger partial charge in [-0.15, -0.1) is 11.3 Å². The van der Waals surface area contributed by atoms with E-state index in [2.05, 4.69) is 32.6 Å². The van der Waals surface area contributed by atoms with Gasteiger partial charge < -0.3 is 10.2 Å². The maximum Gasteiger partial charge on any atom is 0.416 e. The molecule has 0 aliphatic carbocycles. The Kier molecular flexibility index (Phi) is 8.49. The van der Waals surface area contributed by atoms with Crippen LogP contribution in [0.2, 0.25) is 0 Å². The second kappa shape index (κ2) is 12.7. The molecule has 16 heteroatoms. The molecular formula is C36H30F3N7O5S. The second-order valence-corrected chi connectivity index (χ2v) is 14.1. The molecule has 12 nitrogen and oxygen atoms in total. The predicted octanol–water partition coefficient (Wildman–Crippen LogP) is 4.60. The van der Waals surface area contributed by atoms with Crippen LogP contribution in [-0.4, -0.2) is 68.3 Å². The number of thiazole rings is 1. The molecule has 2 fully saturated rings. The van der Waals surface area contributed by atoms with Gasteiger partial charge in [0.25, 0.3) is 17.7 Å². The van der Waals surface area contributed by atoms with Crippen molar-refractivity contribution in [3.63, 3.8) is 0 Å². The van der Waals surface area contributed by atoms with Crippen LogP contribution in [0.1, 0.15) is 64.2 Å². The standard InChI is InChI=1S/C36H30F3N7O5S/c1-19-18-52-31(41-19)26-12-22(36(37,38)39)6-9-27(26)42-34(51)35(2,3)45-17-20(14-40-45)4-5-21-15-44(16-21)23-7-8-24-25(13-23)33(50)46(32(24)49)28-10-11-29(47)43-30(28)48/h6-9,12-14,17-18,21,28H,10-11,15-16H2,1-3H3,(H,42,51)(H,43,47,48). The Labute approximate surface area is 299 Å². The van der Waals surface area contributed by atoms with Gasteiger partial charge in [-0.1, -0.05) is 11.8 Å². The van der Waals surface area contributed by atoms with Gasteiger partial charge in [0.05, 0.1) is 40.1 Å². The normalized spacial score (nSPS) is 17.8. The monoisotopic (exact) mass is 729 g/mol. The van der Waals surface area contributed by atoms with E-state index in [1.54, 1.807) is 50.5 Å². The minimum Gasteiger partial charge on any atom is -0.369 e. The highest BCUT2D eigenvalue weighted by molar-refractivity contribution is 7.13. The molecule has 266 valence electrons. The first-order valence-electron chi connectivity index (χ1n) is 16.2. The number of alkyl halides is 3. The summed E-state index contributed by atoms with van der Waals surface area (Å²) in [6, 6.07) is 7.02. The fourth-order valence-corrected chi connectivity index (χ4v) is 7.01. The summed E-state index contributed by atoms with van der Waals surface area (Å²) in [6.45, 7) is 6.11. The van der Waals surface area contributed by atoms with Crippen molar-refractivity contribution < 1.29 is 37.1 Å². The van der Waals surface area contributed by atoms with Crippen LogP contribution in [0.3, 0.4) is 0 Å². The number of rotatable bonds is 6. The van der Waals surface area contributed by atoms with E-state index in [-0.39, 0.29) is 41.1 Å². The molecule has 0 spiro atoms. The van der Waals surface area contributed by atoms with Gasteiger partial charge in [0.2, 0.25) is 11.8 Å². The van der Waals surface area contributed by atoms with Gasteiger partial charge in [0.15, 0.2) is 0 Å². The van der Waals surface area contributed by atoms with Crippen LogP contribution in [0.15, 0.2) is 54.2 Å². The number of hydrogen-bond donors (Lipinski definition) is 2. The van der Waals surface area contributed by atoms with Gasteiger partial charge in [0, 0.05) is 48.0 Å². The number of hydrogen-bond acceptors (Lipinski definition) is 9. The number of carbonyl (C=O) groups excluding carboxylic acids is 5. The number of fused-ring (bicyclic) bond motifs is 1. The van der Waals surface area contributed by atoms with Gasteiger partial charge >= 0.3 is 6.18 Å². The molecular weight excluding hydrogens is 700 g/mol. The number of imide groups is 2. The molecule has 2 aromatic carbocycles. The molecule has 1 atom stereocenters. The second-order valence-electron chi connectivity index (χ2n) is 13.3. The first kappa shape index (κ1) is 34.6. The maximum absolute atomic E-state index is 13.5. The third kappa shape index (κ3) is 6.32. The minimum absolute atomic E-state index is 0.0159. The summed E-state index contributed by atoms with van der Waals surface area (Å²) >= 11 is 1.18. The molecule has 2 saturated heterocycles. The molecule has 5 heterocycles. The number of amides is 5. The Morgan fingerprint density at radius 3 is 2.46 bits per heavy atom. The molecule has 0 bridgehead atoms. The lowest BCUT2D eigenvalue weighted by Gasteiger charge is -2.38. The fraction of sp³-hybridized carbons (Fsp3) is 0.306. The fourth-order valence-electron chi connectivity index (χ4n) is 6.18. The molecule has 1 unspecified atom stereocenters. The molecule has 0 radical (unpaired) electrons. The molecule has 5 amide bonds. The highest BCUT2D eigenvalue weighted by atomic mass is 32.1. The average Bonchev–Trinajstić information content (AvgIpc) is 3.79. The third-order valence-electron chi connectivity index (χ3n) is 9.25. The van der Waals surface area contributed by atoms with Crippen LogP contribution in [0.5, 0.6) is 0 Å². The maximum atomic E-state index is 13.5. The highest BCUT2D eigenvalue weighted by Gasteiger charge is 2.45. The first-order valence-corrected chi connectivity index (χ1v) is 17.1. The molecule has 7 rings (SSSR count). The summed E-state index contributed by atoms with van der Waals surface area (Å²) in [4.78, 5) is 70.9. The Morgan fingerprint density at radius 1 is 1.02 bits per heavy atom. The zero-order valence-electron chi connectivity index (χ0n) is 28.0. The molecule has 2 aromatic heterocycles. The Bertz CT molecular complexity index is 2240. The van der Waals surface area contributed by atoms with Crippen LogP contribution in [0, 0.1) is 24.7 Å². The molecule has 2 N–H and O–H groups in total. The topological polar surface area (TPSA) is 147 Å². The zero-order chi connectivity index (χ0) is 37.1. The molecule has 0 saturated carbocycles. The van der Waals surface area contributed by atoms with Crippen molar-refractivity contribution in [2.24, 2.45) is 5.92 Å². The largest absolute Gasteiger partial charge is 0.416 e. The van der Waals surface area contributed by atoms with Gasteiger partial charge in [-0.25, -0.2) is 4.98 Å².